The van der Waals surface area contributed by atoms with Crippen LogP contribution in [0.2, 0.25) is 0 Å². The molecule has 0 saturated carbocycles. The molecule has 6 rings (SSSR count). The predicted molar refractivity (Wildman–Crippen MR) is 138 cm³/mol. The van der Waals surface area contributed by atoms with E-state index in [2.05, 4.69) is 62.8 Å². The monoisotopic (exact) mass is 459 g/mol. The number of H-pyrrole nitrogens is 1. The fraction of sp³-hybridized carbons (Fsp3) is 0.143. The fourth-order valence-electron chi connectivity index (χ4n) is 4.37. The van der Waals surface area contributed by atoms with Crippen molar-refractivity contribution in [2.45, 2.75) is 19.9 Å². The zero-order chi connectivity index (χ0) is 23.6. The quantitative estimate of drug-likeness (QED) is 0.329. The van der Waals surface area contributed by atoms with E-state index in [1.54, 1.807) is 10.8 Å². The first-order valence-electron chi connectivity index (χ1n) is 11.7. The minimum absolute atomic E-state index is 0.637. The molecule has 0 aliphatic heterocycles. The first kappa shape index (κ1) is 21.2. The molecule has 2 aromatic carbocycles. The van der Waals surface area contributed by atoms with Crippen LogP contribution in [0, 0.1) is 6.92 Å². The van der Waals surface area contributed by atoms with Gasteiger partial charge in [0.2, 0.25) is 0 Å². The molecule has 0 spiro atoms. The van der Waals surface area contributed by atoms with Crippen LogP contribution in [0.3, 0.4) is 0 Å². The summed E-state index contributed by atoms with van der Waals surface area (Å²) in [6.45, 7) is 3.49. The third kappa shape index (κ3) is 4.41. The Morgan fingerprint density at radius 2 is 1.83 bits per heavy atom. The highest BCUT2D eigenvalue weighted by molar-refractivity contribution is 5.83. The first-order valence-corrected chi connectivity index (χ1v) is 11.7. The van der Waals surface area contributed by atoms with Crippen molar-refractivity contribution >= 4 is 16.4 Å². The van der Waals surface area contributed by atoms with E-state index >= 15 is 0 Å². The molecule has 0 radical (unpaired) electrons. The number of imidazole rings is 1. The molecule has 0 unspecified atom stereocenters. The van der Waals surface area contributed by atoms with Crippen LogP contribution >= 0.6 is 0 Å². The lowest BCUT2D eigenvalue weighted by Gasteiger charge is -2.05. The Morgan fingerprint density at radius 1 is 0.914 bits per heavy atom. The van der Waals surface area contributed by atoms with Gasteiger partial charge >= 0.3 is 0 Å². The second-order valence-corrected chi connectivity index (χ2v) is 8.66. The Hall–Kier alpha value is -4.36. The lowest BCUT2D eigenvalue weighted by Crippen LogP contribution is -2.17. The number of pyridine rings is 2. The fourth-order valence-corrected chi connectivity index (χ4v) is 4.37. The first-order chi connectivity index (χ1) is 17.2. The molecule has 172 valence electrons. The molecule has 0 saturated heterocycles. The third-order valence-electron chi connectivity index (χ3n) is 6.14. The lowest BCUT2D eigenvalue weighted by molar-refractivity contribution is 0.665. The van der Waals surface area contributed by atoms with Crippen LogP contribution in [-0.4, -0.2) is 36.1 Å². The number of benzene rings is 2. The smallest absolute Gasteiger partial charge is 0.155 e. The van der Waals surface area contributed by atoms with Crippen LogP contribution < -0.4 is 5.32 Å². The van der Waals surface area contributed by atoms with E-state index in [4.69, 9.17) is 9.97 Å². The zero-order valence-electron chi connectivity index (χ0n) is 19.4. The summed E-state index contributed by atoms with van der Waals surface area (Å²) in [6.07, 6.45) is 4.47. The van der Waals surface area contributed by atoms with Gasteiger partial charge in [-0.05, 0) is 60.5 Å². The Kier molecular flexibility index (Phi) is 5.52. The molecule has 35 heavy (non-hydrogen) atoms. The average molecular weight is 460 g/mol. The number of aromatic nitrogens is 6. The van der Waals surface area contributed by atoms with Gasteiger partial charge in [0.25, 0.3) is 0 Å². The van der Waals surface area contributed by atoms with Crippen LogP contribution in [0.25, 0.3) is 39.1 Å². The van der Waals surface area contributed by atoms with Crippen LogP contribution in [-0.2, 0) is 13.0 Å². The van der Waals surface area contributed by atoms with E-state index in [1.165, 1.54) is 16.3 Å². The van der Waals surface area contributed by atoms with E-state index in [9.17, 15) is 0 Å². The zero-order valence-corrected chi connectivity index (χ0v) is 19.4. The molecule has 4 heterocycles. The van der Waals surface area contributed by atoms with Crippen molar-refractivity contribution in [2.24, 2.45) is 0 Å². The summed E-state index contributed by atoms with van der Waals surface area (Å²) in [7, 11) is 0. The normalized spacial score (nSPS) is 11.5. The van der Waals surface area contributed by atoms with E-state index in [1.807, 2.05) is 43.5 Å². The van der Waals surface area contributed by atoms with Crippen molar-refractivity contribution in [3.63, 3.8) is 0 Å². The highest BCUT2D eigenvalue weighted by Crippen LogP contribution is 2.29. The van der Waals surface area contributed by atoms with Crippen molar-refractivity contribution in [2.75, 3.05) is 6.54 Å². The molecule has 0 fully saturated rings. The van der Waals surface area contributed by atoms with E-state index in [0.717, 1.165) is 52.8 Å². The summed E-state index contributed by atoms with van der Waals surface area (Å²) in [5, 5.41) is 10.4. The van der Waals surface area contributed by atoms with E-state index in [-0.39, 0.29) is 0 Å². The van der Waals surface area contributed by atoms with Gasteiger partial charge in [-0.2, -0.15) is 5.10 Å². The molecule has 0 aliphatic rings. The average Bonchev–Trinajstić information content (AvgIpc) is 3.53. The number of nitrogens with one attached hydrogen (secondary N) is 2. The Labute approximate surface area is 202 Å². The molecule has 0 amide bonds. The van der Waals surface area contributed by atoms with Gasteiger partial charge in [-0.1, -0.05) is 48.5 Å². The van der Waals surface area contributed by atoms with Gasteiger partial charge in [-0.15, -0.1) is 0 Å². The lowest BCUT2D eigenvalue weighted by atomic mass is 10.1. The van der Waals surface area contributed by atoms with Crippen LogP contribution in [0.4, 0.5) is 0 Å². The summed E-state index contributed by atoms with van der Waals surface area (Å²) in [5.41, 5.74) is 6.67. The summed E-state index contributed by atoms with van der Waals surface area (Å²) >= 11 is 0. The largest absolute Gasteiger partial charge is 0.340 e. The predicted octanol–water partition coefficient (Wildman–Crippen LogP) is 4.98. The van der Waals surface area contributed by atoms with Crippen molar-refractivity contribution in [3.8, 4) is 22.6 Å². The molecule has 0 aliphatic carbocycles. The van der Waals surface area contributed by atoms with Gasteiger partial charge < -0.3 is 10.3 Å². The number of aryl methyl sites for hydroxylation is 1. The molecule has 7 heteroatoms. The number of hydrogen-bond acceptors (Lipinski definition) is 5. The van der Waals surface area contributed by atoms with Crippen molar-refractivity contribution in [1.29, 1.82) is 0 Å². The molecule has 0 atom stereocenters. The van der Waals surface area contributed by atoms with Crippen molar-refractivity contribution in [1.82, 2.24) is 34.9 Å². The molecule has 2 N–H and O–H groups in total. The SMILES string of the molecule is Cc1cccc(-c2nc(CNCCc3ccc4ccccc4c3)[nH]c2-c2ccc3ncnn3c2)n1. The van der Waals surface area contributed by atoms with Crippen LogP contribution in [0.15, 0.2) is 85.3 Å². The minimum atomic E-state index is 0.637. The standard InChI is InChI=1S/C28H25N7/c1-19-5-4-8-24(32-19)28-27(23-11-12-26-30-18-31-35(26)17-23)33-25(34-28)16-29-14-13-20-9-10-21-6-2-3-7-22(21)15-20/h2-12,15,17-18,29H,13-14,16H2,1H3,(H,33,34). The third-order valence-corrected chi connectivity index (χ3v) is 6.14. The number of rotatable bonds is 7. The highest BCUT2D eigenvalue weighted by atomic mass is 15.3. The minimum Gasteiger partial charge on any atom is -0.340 e. The number of hydrogen-bond donors (Lipinski definition) is 2. The Bertz CT molecular complexity index is 1630. The highest BCUT2D eigenvalue weighted by Gasteiger charge is 2.16. The number of nitrogens with zero attached hydrogens (tertiary/aromatic N) is 5. The van der Waals surface area contributed by atoms with Gasteiger partial charge in [0.05, 0.1) is 17.9 Å². The second kappa shape index (κ2) is 9.12. The molecule has 6 aromatic rings. The van der Waals surface area contributed by atoms with Gasteiger partial charge in [0.15, 0.2) is 5.65 Å². The maximum Gasteiger partial charge on any atom is 0.155 e. The summed E-state index contributed by atoms with van der Waals surface area (Å²) in [4.78, 5) is 17.4. The van der Waals surface area contributed by atoms with Gasteiger partial charge in [-0.3, -0.25) is 4.98 Å². The van der Waals surface area contributed by atoms with Crippen LogP contribution in [0.5, 0.6) is 0 Å². The van der Waals surface area contributed by atoms with E-state index < -0.39 is 0 Å². The summed E-state index contributed by atoms with van der Waals surface area (Å²) in [6, 6.07) is 25.1. The van der Waals surface area contributed by atoms with Crippen LogP contribution in [0.1, 0.15) is 17.1 Å². The summed E-state index contributed by atoms with van der Waals surface area (Å²) < 4.78 is 1.77. The summed E-state index contributed by atoms with van der Waals surface area (Å²) in [5.74, 6) is 0.871. The van der Waals surface area contributed by atoms with Crippen molar-refractivity contribution in [3.05, 3.63) is 102 Å². The van der Waals surface area contributed by atoms with Gasteiger partial charge in [0, 0.05) is 17.5 Å². The molecule has 4 aromatic heterocycles. The van der Waals surface area contributed by atoms with Crippen molar-refractivity contribution < 1.29 is 0 Å². The Balaban J connectivity index is 1.23. The van der Waals surface area contributed by atoms with E-state index in [0.29, 0.717) is 6.54 Å². The molecule has 0 bridgehead atoms. The van der Waals surface area contributed by atoms with Gasteiger partial charge in [0.1, 0.15) is 17.8 Å². The maximum absolute atomic E-state index is 4.93. The van der Waals surface area contributed by atoms with Gasteiger partial charge in [-0.25, -0.2) is 14.5 Å². The second-order valence-electron chi connectivity index (χ2n) is 8.66. The number of aromatic amines is 1. The number of fused-ring (bicyclic) bond motifs is 2. The molecular weight excluding hydrogens is 434 g/mol. The molecule has 7 nitrogen and oxygen atoms in total. The molecular formula is C28H25N7. The maximum atomic E-state index is 4.93. The Morgan fingerprint density at radius 3 is 2.74 bits per heavy atom. The topological polar surface area (TPSA) is 83.8 Å².